The number of aliphatic carboxylic acids is 1. The number of hydrogen-bond acceptors (Lipinski definition) is 10. The molecule has 0 bridgehead atoms. The number of ether oxygens (including phenoxy) is 2. The lowest BCUT2D eigenvalue weighted by Crippen LogP contribution is -2.52. The van der Waals surface area contributed by atoms with Crippen LogP contribution in [0.3, 0.4) is 0 Å². The highest BCUT2D eigenvalue weighted by molar-refractivity contribution is 5.83. The Morgan fingerprint density at radius 3 is 2.27 bits per heavy atom. The van der Waals surface area contributed by atoms with E-state index in [0.717, 1.165) is 0 Å². The topological polar surface area (TPSA) is 202 Å². The Hall–Kier alpha value is -2.97. The highest BCUT2D eigenvalue weighted by Gasteiger charge is 2.29. The molecule has 170 valence electrons. The van der Waals surface area contributed by atoms with E-state index in [1.807, 2.05) is 0 Å². The minimum absolute atomic E-state index is 0.109. The molecule has 1 aromatic heterocycles. The number of amides is 3. The van der Waals surface area contributed by atoms with Gasteiger partial charge in [0, 0.05) is 27.3 Å². The van der Waals surface area contributed by atoms with Crippen LogP contribution < -0.4 is 21.3 Å². The molecule has 0 spiro atoms. The van der Waals surface area contributed by atoms with Crippen LogP contribution in [0.2, 0.25) is 0 Å². The highest BCUT2D eigenvalue weighted by atomic mass is 16.5. The molecular formula is C16H28N6O8. The van der Waals surface area contributed by atoms with E-state index in [4.69, 9.17) is 24.8 Å². The van der Waals surface area contributed by atoms with Crippen LogP contribution >= 0.6 is 0 Å². The summed E-state index contributed by atoms with van der Waals surface area (Å²) in [6, 6.07) is -3.64. The Kier molecular flexibility index (Phi) is 10.5. The number of aliphatic hydroxyl groups is 1. The quantitative estimate of drug-likeness (QED) is 0.222. The number of nitrogens with one attached hydrogen (secondary N) is 2. The van der Waals surface area contributed by atoms with Crippen molar-refractivity contribution in [1.29, 1.82) is 0 Å². The van der Waals surface area contributed by atoms with E-state index in [9.17, 15) is 19.5 Å². The third-order valence-electron chi connectivity index (χ3n) is 3.89. The van der Waals surface area contributed by atoms with E-state index in [0.29, 0.717) is 26.3 Å². The molecule has 0 radical (unpaired) electrons. The van der Waals surface area contributed by atoms with Gasteiger partial charge in [-0.3, -0.25) is 4.79 Å². The first-order chi connectivity index (χ1) is 14.2. The van der Waals surface area contributed by atoms with Gasteiger partial charge in [0.1, 0.15) is 6.04 Å². The number of rotatable bonds is 14. The van der Waals surface area contributed by atoms with Gasteiger partial charge in [0.2, 0.25) is 5.91 Å². The van der Waals surface area contributed by atoms with Crippen LogP contribution in [0, 0.1) is 0 Å². The largest absolute Gasteiger partial charge is 0.480 e. The van der Waals surface area contributed by atoms with Crippen molar-refractivity contribution in [2.24, 2.45) is 5.73 Å². The molecule has 1 aromatic rings. The van der Waals surface area contributed by atoms with Crippen molar-refractivity contribution in [2.75, 3.05) is 45.4 Å². The van der Waals surface area contributed by atoms with Gasteiger partial charge in [-0.15, -0.1) is 0 Å². The lowest BCUT2D eigenvalue weighted by Gasteiger charge is -2.20. The van der Waals surface area contributed by atoms with Gasteiger partial charge in [0.05, 0.1) is 25.7 Å². The summed E-state index contributed by atoms with van der Waals surface area (Å²) in [5.74, 6) is -2.12. The number of nitrogens with zero attached hydrogens (tertiary/aromatic N) is 3. The Bertz CT molecular complexity index is 689. The van der Waals surface area contributed by atoms with Gasteiger partial charge in [0.25, 0.3) is 11.8 Å². The number of anilines is 1. The molecule has 0 aliphatic rings. The SMILES string of the molecule is COCCN(CCOC)c1noc([C@H](CC(N)=O)NC(=O)N[C@H](C(=O)O)C(C)O)n1. The Morgan fingerprint density at radius 2 is 1.80 bits per heavy atom. The Balaban J connectivity index is 2.96. The second kappa shape index (κ2) is 12.6. The molecule has 0 aliphatic heterocycles. The van der Waals surface area contributed by atoms with E-state index in [1.165, 1.54) is 6.92 Å². The van der Waals surface area contributed by atoms with Crippen LogP contribution in [0.4, 0.5) is 10.7 Å². The summed E-state index contributed by atoms with van der Waals surface area (Å²) in [4.78, 5) is 40.6. The zero-order chi connectivity index (χ0) is 22.7. The number of carbonyl (C=O) groups excluding carboxylic acids is 2. The minimum atomic E-state index is -1.56. The molecule has 0 aromatic carbocycles. The number of carboxylic acid groups (broad SMARTS) is 1. The zero-order valence-corrected chi connectivity index (χ0v) is 17.0. The average molecular weight is 432 g/mol. The number of primary amides is 1. The van der Waals surface area contributed by atoms with Gasteiger partial charge in [-0.05, 0) is 12.1 Å². The number of methoxy groups -OCH3 is 2. The van der Waals surface area contributed by atoms with Crippen molar-refractivity contribution in [2.45, 2.75) is 31.5 Å². The van der Waals surface area contributed by atoms with E-state index in [-0.39, 0.29) is 18.3 Å². The summed E-state index contributed by atoms with van der Waals surface area (Å²) in [5.41, 5.74) is 5.22. The van der Waals surface area contributed by atoms with Crippen molar-refractivity contribution in [3.63, 3.8) is 0 Å². The molecule has 14 heteroatoms. The van der Waals surface area contributed by atoms with Crippen molar-refractivity contribution >= 4 is 23.9 Å². The van der Waals surface area contributed by atoms with E-state index in [2.05, 4.69) is 20.8 Å². The maximum atomic E-state index is 12.2. The third-order valence-corrected chi connectivity index (χ3v) is 3.89. The molecule has 0 saturated heterocycles. The van der Waals surface area contributed by atoms with Gasteiger partial charge in [-0.2, -0.15) is 4.98 Å². The van der Waals surface area contributed by atoms with Crippen LogP contribution in [-0.4, -0.2) is 90.9 Å². The first kappa shape index (κ1) is 25.1. The first-order valence-electron chi connectivity index (χ1n) is 9.02. The number of urea groups is 1. The van der Waals surface area contributed by atoms with Gasteiger partial charge in [-0.25, -0.2) is 9.59 Å². The molecule has 1 rings (SSSR count). The van der Waals surface area contributed by atoms with Crippen LogP contribution in [0.5, 0.6) is 0 Å². The number of nitrogens with two attached hydrogens (primary N) is 1. The van der Waals surface area contributed by atoms with E-state index >= 15 is 0 Å². The fraction of sp³-hybridized carbons (Fsp3) is 0.688. The molecule has 0 aliphatic carbocycles. The molecule has 1 unspecified atom stereocenters. The summed E-state index contributed by atoms with van der Waals surface area (Å²) in [6.07, 6.45) is -1.73. The molecule has 0 fully saturated rings. The molecule has 0 saturated carbocycles. The second-order valence-electron chi connectivity index (χ2n) is 6.30. The summed E-state index contributed by atoms with van der Waals surface area (Å²) in [7, 11) is 3.08. The summed E-state index contributed by atoms with van der Waals surface area (Å²) < 4.78 is 15.3. The lowest BCUT2D eigenvalue weighted by atomic mass is 10.2. The molecule has 14 nitrogen and oxygen atoms in total. The van der Waals surface area contributed by atoms with Gasteiger partial charge in [0.15, 0.2) is 6.04 Å². The zero-order valence-electron chi connectivity index (χ0n) is 17.0. The van der Waals surface area contributed by atoms with Crippen LogP contribution in [0.1, 0.15) is 25.3 Å². The van der Waals surface area contributed by atoms with Gasteiger partial charge >= 0.3 is 12.0 Å². The summed E-state index contributed by atoms with van der Waals surface area (Å²) in [5, 5.41) is 26.8. The van der Waals surface area contributed by atoms with E-state index < -0.39 is 36.1 Å². The Labute approximate surface area is 172 Å². The number of aromatic nitrogens is 2. The maximum Gasteiger partial charge on any atom is 0.328 e. The van der Waals surface area contributed by atoms with Crippen molar-refractivity contribution in [1.82, 2.24) is 20.8 Å². The minimum Gasteiger partial charge on any atom is -0.480 e. The van der Waals surface area contributed by atoms with Crippen molar-refractivity contribution in [3.05, 3.63) is 5.89 Å². The smallest absolute Gasteiger partial charge is 0.328 e. The van der Waals surface area contributed by atoms with Crippen molar-refractivity contribution < 1.29 is 38.6 Å². The number of carbonyl (C=O) groups is 3. The molecule has 3 amide bonds. The summed E-state index contributed by atoms with van der Waals surface area (Å²) in [6.45, 7) is 2.84. The standard InChI is InChI=1S/C16H28N6O8/c1-9(23)12(14(25)26)19-16(27)18-10(8-11(17)24)13-20-15(21-30-13)22(4-6-28-2)5-7-29-3/h9-10,12,23H,4-8H2,1-3H3,(H2,17,24)(H,25,26)(H2,18,19,27)/t9?,10-,12-/m0/s1. The van der Waals surface area contributed by atoms with Crippen LogP contribution in [0.25, 0.3) is 0 Å². The van der Waals surface area contributed by atoms with Crippen LogP contribution in [0.15, 0.2) is 4.52 Å². The molecule has 30 heavy (non-hydrogen) atoms. The molecular weight excluding hydrogens is 404 g/mol. The maximum absolute atomic E-state index is 12.2. The number of hydrogen-bond donors (Lipinski definition) is 5. The summed E-state index contributed by atoms with van der Waals surface area (Å²) >= 11 is 0. The monoisotopic (exact) mass is 432 g/mol. The number of carboxylic acids is 1. The Morgan fingerprint density at radius 1 is 1.20 bits per heavy atom. The van der Waals surface area contributed by atoms with Gasteiger partial charge < -0.3 is 45.5 Å². The van der Waals surface area contributed by atoms with E-state index in [1.54, 1.807) is 19.1 Å². The van der Waals surface area contributed by atoms with Crippen molar-refractivity contribution in [3.8, 4) is 0 Å². The molecule has 1 heterocycles. The molecule has 6 N–H and O–H groups in total. The lowest BCUT2D eigenvalue weighted by molar-refractivity contribution is -0.141. The third kappa shape index (κ3) is 8.18. The normalized spacial score (nSPS) is 13.9. The van der Waals surface area contributed by atoms with Gasteiger partial charge in [-0.1, -0.05) is 0 Å². The fourth-order valence-corrected chi connectivity index (χ4v) is 2.34. The van der Waals surface area contributed by atoms with Crippen LogP contribution in [-0.2, 0) is 19.1 Å². The highest BCUT2D eigenvalue weighted by Crippen LogP contribution is 2.18. The first-order valence-corrected chi connectivity index (χ1v) is 9.02. The predicted octanol–water partition coefficient (Wildman–Crippen LogP) is -1.78. The predicted molar refractivity (Wildman–Crippen MR) is 102 cm³/mol. The fourth-order valence-electron chi connectivity index (χ4n) is 2.34. The second-order valence-corrected chi connectivity index (χ2v) is 6.30. The number of aliphatic hydroxyl groups excluding tert-OH is 1. The molecule has 3 atom stereocenters. The average Bonchev–Trinajstić information content (AvgIpc) is 3.15.